The molecule has 5 nitrogen and oxygen atoms in total. The first kappa shape index (κ1) is 17.3. The number of non-ortho nitro benzene ring substituents is 1. The average molecular weight is 372 g/mol. The highest BCUT2D eigenvalue weighted by Crippen LogP contribution is 2.36. The predicted molar refractivity (Wildman–Crippen MR) is 101 cm³/mol. The number of benzene rings is 2. The van der Waals surface area contributed by atoms with Crippen LogP contribution in [0.1, 0.15) is 10.9 Å². The van der Waals surface area contributed by atoms with Gasteiger partial charge in [0.15, 0.2) is 0 Å². The summed E-state index contributed by atoms with van der Waals surface area (Å²) in [6.45, 7) is 0. The zero-order chi connectivity index (χ0) is 17.6. The van der Waals surface area contributed by atoms with Gasteiger partial charge in [-0.25, -0.2) is 0 Å². The second kappa shape index (κ2) is 8.00. The van der Waals surface area contributed by atoms with E-state index >= 15 is 0 Å². The van der Waals surface area contributed by atoms with Gasteiger partial charge >= 0.3 is 0 Å². The smallest absolute Gasteiger partial charge is 0.269 e. The lowest BCUT2D eigenvalue weighted by atomic mass is 10.2. The van der Waals surface area contributed by atoms with Crippen LogP contribution in [-0.2, 0) is 0 Å². The van der Waals surface area contributed by atoms with Crippen LogP contribution in [-0.4, -0.2) is 9.91 Å². The van der Waals surface area contributed by atoms with Crippen molar-refractivity contribution in [1.82, 2.24) is 4.98 Å². The predicted octanol–water partition coefficient (Wildman–Crippen LogP) is 5.55. The van der Waals surface area contributed by atoms with Gasteiger partial charge in [0.05, 0.1) is 10.6 Å². The molecular formula is C18H14ClN3O2S. The summed E-state index contributed by atoms with van der Waals surface area (Å²) >= 11 is 7.54. The Morgan fingerprint density at radius 1 is 1.08 bits per heavy atom. The number of hydrogen-bond donors (Lipinski definition) is 1. The van der Waals surface area contributed by atoms with Gasteiger partial charge < -0.3 is 5.32 Å². The van der Waals surface area contributed by atoms with E-state index in [1.54, 1.807) is 36.3 Å². The number of nitro benzene ring substituents is 1. The normalized spacial score (nSPS) is 11.7. The molecule has 0 radical (unpaired) electrons. The highest BCUT2D eigenvalue weighted by atomic mass is 35.5. The number of anilines is 1. The van der Waals surface area contributed by atoms with Gasteiger partial charge in [0.1, 0.15) is 5.37 Å². The molecule has 0 bridgehead atoms. The van der Waals surface area contributed by atoms with Gasteiger partial charge in [-0.05, 0) is 54.1 Å². The number of nitrogens with zero attached hydrogens (tertiary/aromatic N) is 2. The fourth-order valence-electron chi connectivity index (χ4n) is 2.20. The molecule has 25 heavy (non-hydrogen) atoms. The van der Waals surface area contributed by atoms with Gasteiger partial charge in [-0.3, -0.25) is 15.1 Å². The van der Waals surface area contributed by atoms with Crippen molar-refractivity contribution in [1.29, 1.82) is 0 Å². The Bertz CT molecular complexity index is 842. The zero-order valence-electron chi connectivity index (χ0n) is 13.0. The molecule has 3 aromatic rings. The van der Waals surface area contributed by atoms with Gasteiger partial charge in [0.2, 0.25) is 0 Å². The fraction of sp³-hybridized carbons (Fsp3) is 0.0556. The van der Waals surface area contributed by atoms with E-state index < -0.39 is 4.92 Å². The Hall–Kier alpha value is -2.57. The minimum absolute atomic E-state index is 0.0698. The molecule has 0 saturated carbocycles. The maximum Gasteiger partial charge on any atom is 0.269 e. The first-order chi connectivity index (χ1) is 12.1. The number of pyridine rings is 1. The largest absolute Gasteiger partial charge is 0.368 e. The van der Waals surface area contributed by atoms with Crippen molar-refractivity contribution in [2.75, 3.05) is 5.32 Å². The minimum Gasteiger partial charge on any atom is -0.368 e. The summed E-state index contributed by atoms with van der Waals surface area (Å²) in [7, 11) is 0. The second-order valence-corrected chi connectivity index (χ2v) is 6.80. The number of halogens is 1. The molecule has 0 saturated heterocycles. The Balaban J connectivity index is 1.87. The number of hydrogen-bond acceptors (Lipinski definition) is 5. The molecule has 7 heteroatoms. The van der Waals surface area contributed by atoms with E-state index in [1.165, 1.54) is 12.1 Å². The second-order valence-electron chi connectivity index (χ2n) is 5.19. The fourth-order valence-corrected chi connectivity index (χ4v) is 3.38. The van der Waals surface area contributed by atoms with Crippen LogP contribution in [0.25, 0.3) is 0 Å². The van der Waals surface area contributed by atoms with E-state index in [1.807, 2.05) is 36.4 Å². The molecule has 2 aromatic carbocycles. The Kier molecular flexibility index (Phi) is 5.53. The van der Waals surface area contributed by atoms with Gasteiger partial charge in [0.25, 0.3) is 5.69 Å². The molecular weight excluding hydrogens is 358 g/mol. The van der Waals surface area contributed by atoms with Gasteiger partial charge in [-0.2, -0.15) is 0 Å². The highest BCUT2D eigenvalue weighted by Gasteiger charge is 2.15. The Labute approximate surface area is 154 Å². The molecule has 1 atom stereocenters. The summed E-state index contributed by atoms with van der Waals surface area (Å²) in [6.07, 6.45) is 3.44. The van der Waals surface area contributed by atoms with Gasteiger partial charge in [-0.1, -0.05) is 23.4 Å². The van der Waals surface area contributed by atoms with Crippen LogP contribution in [0.4, 0.5) is 11.4 Å². The molecule has 0 amide bonds. The Morgan fingerprint density at radius 2 is 1.80 bits per heavy atom. The molecule has 126 valence electrons. The van der Waals surface area contributed by atoms with Crippen molar-refractivity contribution in [3.63, 3.8) is 0 Å². The van der Waals surface area contributed by atoms with Gasteiger partial charge in [-0.15, -0.1) is 0 Å². The molecule has 1 unspecified atom stereocenters. The quantitative estimate of drug-likeness (QED) is 0.266. The van der Waals surface area contributed by atoms with Crippen LogP contribution >= 0.6 is 23.4 Å². The lowest BCUT2D eigenvalue weighted by Crippen LogP contribution is -2.07. The van der Waals surface area contributed by atoms with E-state index in [0.29, 0.717) is 5.02 Å². The summed E-state index contributed by atoms with van der Waals surface area (Å²) < 4.78 is 0. The van der Waals surface area contributed by atoms with Crippen molar-refractivity contribution in [3.05, 3.63) is 93.8 Å². The van der Waals surface area contributed by atoms with E-state index in [4.69, 9.17) is 11.6 Å². The number of nitrogens with one attached hydrogen (secondary N) is 1. The molecule has 0 aliphatic carbocycles. The van der Waals surface area contributed by atoms with E-state index in [0.717, 1.165) is 16.1 Å². The van der Waals surface area contributed by atoms with Crippen molar-refractivity contribution < 1.29 is 4.92 Å². The molecule has 0 spiro atoms. The number of rotatable bonds is 6. The van der Waals surface area contributed by atoms with Crippen LogP contribution < -0.4 is 5.32 Å². The standard InChI is InChI=1S/C18H14ClN3O2S/c19-14-5-9-17(10-6-14)25-18(21-15-2-1-11-20-12-15)13-3-7-16(8-4-13)22(23)24/h1-12,18,21H. The van der Waals surface area contributed by atoms with E-state index in [-0.39, 0.29) is 11.1 Å². The number of aromatic nitrogens is 1. The topological polar surface area (TPSA) is 68.1 Å². The van der Waals surface area contributed by atoms with Crippen molar-refractivity contribution in [2.45, 2.75) is 10.3 Å². The molecule has 1 aromatic heterocycles. The summed E-state index contributed by atoms with van der Waals surface area (Å²) in [4.78, 5) is 15.6. The van der Waals surface area contributed by atoms with Crippen LogP contribution in [0.5, 0.6) is 0 Å². The summed E-state index contributed by atoms with van der Waals surface area (Å²) in [5.41, 5.74) is 1.86. The molecule has 0 aliphatic heterocycles. The maximum atomic E-state index is 10.9. The first-order valence-corrected chi connectivity index (χ1v) is 8.71. The molecule has 3 rings (SSSR count). The highest BCUT2D eigenvalue weighted by molar-refractivity contribution is 7.99. The zero-order valence-corrected chi connectivity index (χ0v) is 14.6. The third-order valence-corrected chi connectivity index (χ3v) is 4.86. The van der Waals surface area contributed by atoms with E-state index in [9.17, 15) is 10.1 Å². The molecule has 0 aliphatic rings. The number of thioether (sulfide) groups is 1. The van der Waals surface area contributed by atoms with Crippen molar-refractivity contribution in [2.24, 2.45) is 0 Å². The third-order valence-electron chi connectivity index (χ3n) is 3.43. The minimum atomic E-state index is -0.403. The van der Waals surface area contributed by atoms with E-state index in [2.05, 4.69) is 10.3 Å². The van der Waals surface area contributed by atoms with Crippen LogP contribution in [0.15, 0.2) is 78.0 Å². The first-order valence-electron chi connectivity index (χ1n) is 7.45. The summed E-state index contributed by atoms with van der Waals surface area (Å²) in [6, 6.07) is 17.9. The van der Waals surface area contributed by atoms with Crippen molar-refractivity contribution in [3.8, 4) is 0 Å². The molecule has 1 N–H and O–H groups in total. The average Bonchev–Trinajstić information content (AvgIpc) is 2.64. The molecule has 0 fully saturated rings. The number of nitro groups is 1. The van der Waals surface area contributed by atoms with Crippen LogP contribution in [0, 0.1) is 10.1 Å². The Morgan fingerprint density at radius 3 is 2.40 bits per heavy atom. The SMILES string of the molecule is O=[N+]([O-])c1ccc(C(Nc2cccnc2)Sc2ccc(Cl)cc2)cc1. The van der Waals surface area contributed by atoms with Crippen LogP contribution in [0.2, 0.25) is 5.02 Å². The van der Waals surface area contributed by atoms with Crippen molar-refractivity contribution >= 4 is 34.7 Å². The maximum absolute atomic E-state index is 10.9. The van der Waals surface area contributed by atoms with Gasteiger partial charge in [0, 0.05) is 34.4 Å². The lowest BCUT2D eigenvalue weighted by Gasteiger charge is -2.20. The summed E-state index contributed by atoms with van der Waals surface area (Å²) in [5, 5.41) is 14.8. The van der Waals surface area contributed by atoms with Crippen LogP contribution in [0.3, 0.4) is 0 Å². The molecule has 1 heterocycles. The summed E-state index contributed by atoms with van der Waals surface area (Å²) in [5.74, 6) is 0. The lowest BCUT2D eigenvalue weighted by molar-refractivity contribution is -0.384. The monoisotopic (exact) mass is 371 g/mol. The third kappa shape index (κ3) is 4.71.